The summed E-state index contributed by atoms with van der Waals surface area (Å²) in [7, 11) is 0. The molecule has 1 saturated heterocycles. The van der Waals surface area contributed by atoms with Crippen molar-refractivity contribution < 1.29 is 28.2 Å². The lowest BCUT2D eigenvalue weighted by Crippen LogP contribution is -2.38. The van der Waals surface area contributed by atoms with Gasteiger partial charge in [0.1, 0.15) is 24.8 Å². The molecule has 0 aliphatic carbocycles. The molecule has 0 bridgehead atoms. The van der Waals surface area contributed by atoms with Crippen LogP contribution in [0.4, 0.5) is 4.39 Å². The molecule has 1 aliphatic rings. The zero-order valence-electron chi connectivity index (χ0n) is 13.4. The number of hydrogen-bond donors (Lipinski definition) is 1. The van der Waals surface area contributed by atoms with Crippen molar-refractivity contribution in [2.45, 2.75) is 44.3 Å². The molecule has 2 heterocycles. The van der Waals surface area contributed by atoms with E-state index in [1.54, 1.807) is 0 Å². The molecule has 1 aliphatic heterocycles. The number of carbonyl (C=O) groups excluding carboxylic acids is 2. The number of alkyl halides is 2. The van der Waals surface area contributed by atoms with Crippen LogP contribution in [-0.4, -0.2) is 45.7 Å². The maximum atomic E-state index is 12.9. The minimum absolute atomic E-state index is 0.263. The third-order valence-corrected chi connectivity index (χ3v) is 3.94. The SMILES string of the molecule is CC(=O)OC[C@H]1O[C@@H](n2cc(CF)c(=O)[nH]c2=O)[C@H](Cl)[C@@H]1OC(C)=O. The van der Waals surface area contributed by atoms with Gasteiger partial charge in [0.25, 0.3) is 5.56 Å². The van der Waals surface area contributed by atoms with Crippen LogP contribution in [0, 0.1) is 0 Å². The van der Waals surface area contributed by atoms with Crippen molar-refractivity contribution in [3.8, 4) is 0 Å². The van der Waals surface area contributed by atoms with E-state index < -0.39 is 53.7 Å². The highest BCUT2D eigenvalue weighted by atomic mass is 35.5. The Morgan fingerprint density at radius 1 is 1.36 bits per heavy atom. The minimum atomic E-state index is -1.17. The van der Waals surface area contributed by atoms with Crippen molar-refractivity contribution in [1.29, 1.82) is 0 Å². The van der Waals surface area contributed by atoms with Gasteiger partial charge in [0.15, 0.2) is 12.3 Å². The summed E-state index contributed by atoms with van der Waals surface area (Å²) < 4.78 is 29.3. The molecular formula is C14H16ClFN2O7. The first-order valence-corrected chi connectivity index (χ1v) is 7.68. The second-order valence-corrected chi connectivity index (χ2v) is 5.84. The Morgan fingerprint density at radius 2 is 2.04 bits per heavy atom. The lowest BCUT2D eigenvalue weighted by Gasteiger charge is -2.19. The molecule has 4 atom stereocenters. The van der Waals surface area contributed by atoms with Gasteiger partial charge < -0.3 is 14.2 Å². The molecule has 1 aromatic heterocycles. The van der Waals surface area contributed by atoms with Crippen molar-refractivity contribution in [3.63, 3.8) is 0 Å². The summed E-state index contributed by atoms with van der Waals surface area (Å²) in [5, 5.41) is -1.04. The number of esters is 2. The van der Waals surface area contributed by atoms with Crippen molar-refractivity contribution in [2.75, 3.05) is 6.61 Å². The Balaban J connectivity index is 2.35. The molecule has 0 saturated carbocycles. The van der Waals surface area contributed by atoms with E-state index in [1.807, 2.05) is 4.98 Å². The van der Waals surface area contributed by atoms with Crippen LogP contribution in [0.25, 0.3) is 0 Å². The molecule has 1 N–H and O–H groups in total. The Bertz CT molecular complexity index is 777. The summed E-state index contributed by atoms with van der Waals surface area (Å²) in [5.41, 5.74) is -2.02. The smallest absolute Gasteiger partial charge is 0.330 e. The van der Waals surface area contributed by atoms with Crippen molar-refractivity contribution in [1.82, 2.24) is 9.55 Å². The van der Waals surface area contributed by atoms with Gasteiger partial charge in [0.05, 0.1) is 5.56 Å². The zero-order valence-corrected chi connectivity index (χ0v) is 14.1. The number of rotatable bonds is 5. The van der Waals surface area contributed by atoms with Gasteiger partial charge >= 0.3 is 17.6 Å². The van der Waals surface area contributed by atoms with E-state index in [4.69, 9.17) is 25.8 Å². The fraction of sp³-hybridized carbons (Fsp3) is 0.571. The number of hydrogen-bond acceptors (Lipinski definition) is 7. The molecule has 0 amide bonds. The largest absolute Gasteiger partial charge is 0.463 e. The van der Waals surface area contributed by atoms with E-state index in [2.05, 4.69) is 0 Å². The van der Waals surface area contributed by atoms with Crippen LogP contribution in [0.3, 0.4) is 0 Å². The number of nitrogens with zero attached hydrogens (tertiary/aromatic N) is 1. The third kappa shape index (κ3) is 4.26. The van der Waals surface area contributed by atoms with E-state index in [9.17, 15) is 23.6 Å². The van der Waals surface area contributed by atoms with Gasteiger partial charge in [-0.1, -0.05) is 0 Å². The molecule has 1 fully saturated rings. The quantitative estimate of drug-likeness (QED) is 0.566. The van der Waals surface area contributed by atoms with Crippen LogP contribution in [0.2, 0.25) is 0 Å². The van der Waals surface area contributed by atoms with Crippen LogP contribution in [0.1, 0.15) is 25.6 Å². The number of aromatic nitrogens is 2. The first-order chi connectivity index (χ1) is 11.7. The molecular weight excluding hydrogens is 363 g/mol. The first-order valence-electron chi connectivity index (χ1n) is 7.25. The fourth-order valence-corrected chi connectivity index (χ4v) is 2.79. The monoisotopic (exact) mass is 378 g/mol. The molecule has 11 heteroatoms. The second kappa shape index (κ2) is 7.79. The lowest BCUT2D eigenvalue weighted by molar-refractivity contribution is -0.155. The van der Waals surface area contributed by atoms with Crippen LogP contribution in [-0.2, 0) is 30.5 Å². The molecule has 25 heavy (non-hydrogen) atoms. The maximum Gasteiger partial charge on any atom is 0.330 e. The summed E-state index contributed by atoms with van der Waals surface area (Å²) in [5.74, 6) is -1.23. The van der Waals surface area contributed by atoms with Gasteiger partial charge in [0.2, 0.25) is 0 Å². The molecule has 9 nitrogen and oxygen atoms in total. The summed E-state index contributed by atoms with van der Waals surface area (Å²) in [4.78, 5) is 47.7. The van der Waals surface area contributed by atoms with E-state index >= 15 is 0 Å². The van der Waals surface area contributed by atoms with Gasteiger partial charge in [0, 0.05) is 20.0 Å². The molecule has 2 rings (SSSR count). The molecule has 0 radical (unpaired) electrons. The Kier molecular flexibility index (Phi) is 5.96. The van der Waals surface area contributed by atoms with E-state index in [0.717, 1.165) is 17.7 Å². The average molecular weight is 379 g/mol. The summed E-state index contributed by atoms with van der Waals surface area (Å²) in [6.07, 6.45) is -2.13. The van der Waals surface area contributed by atoms with Crippen molar-refractivity contribution in [2.24, 2.45) is 0 Å². The summed E-state index contributed by atoms with van der Waals surface area (Å²) in [6, 6.07) is 0. The zero-order chi connectivity index (χ0) is 18.7. The molecule has 0 aromatic carbocycles. The molecule has 0 spiro atoms. The van der Waals surface area contributed by atoms with Gasteiger partial charge in [-0.15, -0.1) is 11.6 Å². The van der Waals surface area contributed by atoms with Crippen LogP contribution < -0.4 is 11.2 Å². The Labute approximate surface area is 145 Å². The minimum Gasteiger partial charge on any atom is -0.463 e. The van der Waals surface area contributed by atoms with Gasteiger partial charge in [-0.25, -0.2) is 9.18 Å². The van der Waals surface area contributed by atoms with Gasteiger partial charge in [-0.3, -0.25) is 23.9 Å². The topological polar surface area (TPSA) is 117 Å². The Morgan fingerprint density at radius 3 is 2.60 bits per heavy atom. The molecule has 138 valence electrons. The molecule has 1 aromatic rings. The normalized spacial score (nSPS) is 25.6. The fourth-order valence-electron chi connectivity index (χ4n) is 2.40. The molecule has 0 unspecified atom stereocenters. The first kappa shape index (κ1) is 19.1. The number of aromatic amines is 1. The van der Waals surface area contributed by atoms with Crippen molar-refractivity contribution in [3.05, 3.63) is 32.6 Å². The lowest BCUT2D eigenvalue weighted by atomic mass is 10.1. The third-order valence-electron chi connectivity index (χ3n) is 3.48. The highest BCUT2D eigenvalue weighted by Crippen LogP contribution is 2.35. The highest BCUT2D eigenvalue weighted by molar-refractivity contribution is 6.21. The maximum absolute atomic E-state index is 12.9. The second-order valence-electron chi connectivity index (χ2n) is 5.34. The Hall–Kier alpha value is -2.20. The van der Waals surface area contributed by atoms with Crippen LogP contribution in [0.5, 0.6) is 0 Å². The number of nitrogens with one attached hydrogen (secondary N) is 1. The van der Waals surface area contributed by atoms with Gasteiger partial charge in [-0.2, -0.15) is 0 Å². The predicted molar refractivity (Wildman–Crippen MR) is 81.9 cm³/mol. The number of halogens is 2. The number of H-pyrrole nitrogens is 1. The number of carbonyl (C=O) groups is 2. The van der Waals surface area contributed by atoms with Crippen molar-refractivity contribution >= 4 is 23.5 Å². The summed E-state index contributed by atoms with van der Waals surface area (Å²) in [6.45, 7) is 0.985. The van der Waals surface area contributed by atoms with E-state index in [1.165, 1.54) is 6.92 Å². The predicted octanol–water partition coefficient (Wildman–Crippen LogP) is 0.00570. The van der Waals surface area contributed by atoms with E-state index in [0.29, 0.717) is 0 Å². The number of ether oxygens (including phenoxy) is 3. The standard InChI is InChI=1S/C14H16ClFN2O7/c1-6(19)23-5-9-11(24-7(2)20)10(15)13(25-9)18-4-8(3-16)12(21)17-14(18)22/h4,9-11,13H,3,5H2,1-2H3,(H,17,21,22)/t9-,10-,11-,13-/m1/s1. The average Bonchev–Trinajstić information content (AvgIpc) is 2.82. The summed E-state index contributed by atoms with van der Waals surface area (Å²) >= 11 is 6.25. The van der Waals surface area contributed by atoms with Crippen LogP contribution in [0.15, 0.2) is 15.8 Å². The van der Waals surface area contributed by atoms with Gasteiger partial charge in [-0.05, 0) is 0 Å². The van der Waals surface area contributed by atoms with E-state index in [-0.39, 0.29) is 12.2 Å². The highest BCUT2D eigenvalue weighted by Gasteiger charge is 2.47. The van der Waals surface area contributed by atoms with Crippen LogP contribution >= 0.6 is 11.6 Å².